The van der Waals surface area contributed by atoms with Crippen molar-refractivity contribution in [3.8, 4) is 0 Å². The van der Waals surface area contributed by atoms with E-state index < -0.39 is 6.17 Å². The Hall–Kier alpha value is -1.63. The molecule has 0 amide bonds. The molecular formula is C31H39F. The summed E-state index contributed by atoms with van der Waals surface area (Å²) in [4.78, 5) is 0. The zero-order chi connectivity index (χ0) is 22.4. The second-order valence-electron chi connectivity index (χ2n) is 12.9. The average Bonchev–Trinajstić information content (AvgIpc) is 3.40. The van der Waals surface area contributed by atoms with Gasteiger partial charge in [0.05, 0.1) is 0 Å². The second kappa shape index (κ2) is 6.94. The summed E-state index contributed by atoms with van der Waals surface area (Å²) < 4.78 is 14.5. The van der Waals surface area contributed by atoms with Crippen LogP contribution in [-0.2, 0) is 55.8 Å². The molecule has 6 rings (SSSR count). The van der Waals surface area contributed by atoms with Crippen molar-refractivity contribution in [1.82, 2.24) is 0 Å². The quantitative estimate of drug-likeness (QED) is 0.476. The van der Waals surface area contributed by atoms with Crippen LogP contribution in [0.5, 0.6) is 0 Å². The lowest BCUT2D eigenvalue weighted by molar-refractivity contribution is 0.346. The summed E-state index contributed by atoms with van der Waals surface area (Å²) in [6.45, 7) is 12.1. The Morgan fingerprint density at radius 1 is 0.719 bits per heavy atom. The summed E-state index contributed by atoms with van der Waals surface area (Å²) in [6, 6.07) is 4.96. The molecule has 0 N–H and O–H groups in total. The van der Waals surface area contributed by atoms with Crippen molar-refractivity contribution in [2.24, 2.45) is 0 Å². The molecule has 0 aliphatic heterocycles. The topological polar surface area (TPSA) is 0 Å². The van der Waals surface area contributed by atoms with E-state index in [1.807, 2.05) is 0 Å². The Morgan fingerprint density at radius 3 is 2.06 bits per heavy atom. The first-order valence-electron chi connectivity index (χ1n) is 13.1. The van der Waals surface area contributed by atoms with Gasteiger partial charge in [0.1, 0.15) is 6.17 Å². The van der Waals surface area contributed by atoms with Gasteiger partial charge in [0.2, 0.25) is 0 Å². The van der Waals surface area contributed by atoms with Crippen LogP contribution >= 0.6 is 0 Å². The van der Waals surface area contributed by atoms with Crippen molar-refractivity contribution >= 4 is 0 Å². The van der Waals surface area contributed by atoms with Gasteiger partial charge in [-0.15, -0.1) is 0 Å². The van der Waals surface area contributed by atoms with Crippen LogP contribution in [0.15, 0.2) is 12.1 Å². The van der Waals surface area contributed by atoms with Crippen molar-refractivity contribution in [1.29, 1.82) is 0 Å². The molecule has 0 aromatic heterocycles. The third kappa shape index (κ3) is 3.06. The van der Waals surface area contributed by atoms with Crippen molar-refractivity contribution in [3.05, 3.63) is 67.8 Å². The summed E-state index contributed by atoms with van der Waals surface area (Å²) in [7, 11) is 0. The fraction of sp³-hybridized carbons (Fsp3) is 0.613. The number of fused-ring (bicyclic) bond motifs is 4. The number of alkyl halides is 1. The molecule has 2 atom stereocenters. The van der Waals surface area contributed by atoms with Crippen LogP contribution in [-0.4, -0.2) is 6.17 Å². The molecule has 0 bridgehead atoms. The molecule has 170 valence electrons. The maximum Gasteiger partial charge on any atom is 0.108 e. The Kier molecular flexibility index (Phi) is 4.54. The first kappa shape index (κ1) is 20.9. The van der Waals surface area contributed by atoms with E-state index in [0.29, 0.717) is 18.8 Å². The molecule has 4 aliphatic carbocycles. The van der Waals surface area contributed by atoms with E-state index in [2.05, 4.69) is 46.8 Å². The van der Waals surface area contributed by atoms with E-state index in [0.717, 1.165) is 0 Å². The van der Waals surface area contributed by atoms with E-state index in [-0.39, 0.29) is 10.8 Å². The molecule has 2 aromatic carbocycles. The number of rotatable bonds is 3. The van der Waals surface area contributed by atoms with Crippen LogP contribution in [0.2, 0.25) is 0 Å². The molecule has 32 heavy (non-hydrogen) atoms. The highest BCUT2D eigenvalue weighted by Crippen LogP contribution is 2.52. The molecule has 2 aromatic rings. The SMILES string of the molecule is CC(C)(C)c1c2c(cc3c1CC3CC(C)(C)c1c3c(cc4c1CC(F)C4)CCC3)CCC2. The lowest BCUT2D eigenvalue weighted by Gasteiger charge is -2.42. The summed E-state index contributed by atoms with van der Waals surface area (Å²) in [5.74, 6) is 0.655. The van der Waals surface area contributed by atoms with Gasteiger partial charge in [-0.05, 0) is 124 Å². The maximum atomic E-state index is 14.5. The van der Waals surface area contributed by atoms with Crippen molar-refractivity contribution in [2.75, 3.05) is 0 Å². The van der Waals surface area contributed by atoms with E-state index in [9.17, 15) is 4.39 Å². The van der Waals surface area contributed by atoms with Crippen LogP contribution in [0.25, 0.3) is 0 Å². The number of aryl methyl sites for hydroxylation is 2. The summed E-state index contributed by atoms with van der Waals surface area (Å²) in [6.07, 6.45) is 10.6. The van der Waals surface area contributed by atoms with E-state index >= 15 is 0 Å². The number of halogens is 1. The Bertz CT molecular complexity index is 1110. The molecule has 0 nitrogen and oxygen atoms in total. The van der Waals surface area contributed by atoms with Crippen LogP contribution in [0.3, 0.4) is 0 Å². The molecule has 0 radical (unpaired) electrons. The highest BCUT2D eigenvalue weighted by molar-refractivity contribution is 5.58. The Morgan fingerprint density at radius 2 is 1.38 bits per heavy atom. The van der Waals surface area contributed by atoms with Gasteiger partial charge in [-0.3, -0.25) is 0 Å². The zero-order valence-corrected chi connectivity index (χ0v) is 20.8. The van der Waals surface area contributed by atoms with Crippen LogP contribution in [0.1, 0.15) is 115 Å². The second-order valence-corrected chi connectivity index (χ2v) is 12.9. The van der Waals surface area contributed by atoms with Gasteiger partial charge in [0, 0.05) is 12.8 Å². The average molecular weight is 431 g/mol. The van der Waals surface area contributed by atoms with Crippen molar-refractivity contribution in [3.63, 3.8) is 0 Å². The smallest absolute Gasteiger partial charge is 0.108 e. The predicted molar refractivity (Wildman–Crippen MR) is 132 cm³/mol. The van der Waals surface area contributed by atoms with Crippen LogP contribution in [0.4, 0.5) is 4.39 Å². The molecule has 4 aliphatic rings. The van der Waals surface area contributed by atoms with Crippen LogP contribution < -0.4 is 0 Å². The van der Waals surface area contributed by atoms with Gasteiger partial charge in [-0.1, -0.05) is 46.8 Å². The van der Waals surface area contributed by atoms with Gasteiger partial charge in [-0.2, -0.15) is 0 Å². The largest absolute Gasteiger partial charge is 0.247 e. The first-order chi connectivity index (χ1) is 15.1. The van der Waals surface area contributed by atoms with Gasteiger partial charge in [0.25, 0.3) is 0 Å². The molecule has 0 heterocycles. The monoisotopic (exact) mass is 430 g/mol. The zero-order valence-electron chi connectivity index (χ0n) is 20.8. The third-order valence-corrected chi connectivity index (χ3v) is 9.08. The minimum absolute atomic E-state index is 0.104. The van der Waals surface area contributed by atoms with E-state index in [1.54, 1.807) is 38.9 Å². The Balaban J connectivity index is 1.39. The fourth-order valence-electron chi connectivity index (χ4n) is 8.04. The summed E-state index contributed by atoms with van der Waals surface area (Å²) in [5, 5.41) is 0. The first-order valence-corrected chi connectivity index (χ1v) is 13.1. The lowest BCUT2D eigenvalue weighted by Crippen LogP contribution is -2.32. The number of hydrogen-bond donors (Lipinski definition) is 0. The maximum absolute atomic E-state index is 14.5. The minimum Gasteiger partial charge on any atom is -0.247 e. The van der Waals surface area contributed by atoms with Gasteiger partial charge < -0.3 is 0 Å². The molecule has 0 fully saturated rings. The molecule has 0 saturated carbocycles. The number of hydrogen-bond acceptors (Lipinski definition) is 0. The third-order valence-electron chi connectivity index (χ3n) is 9.08. The van der Waals surface area contributed by atoms with E-state index in [1.165, 1.54) is 68.1 Å². The molecule has 0 saturated heterocycles. The minimum atomic E-state index is -0.677. The highest BCUT2D eigenvalue weighted by atomic mass is 19.1. The normalized spacial score (nSPS) is 23.6. The summed E-state index contributed by atoms with van der Waals surface area (Å²) in [5.41, 5.74) is 16.0. The lowest BCUT2D eigenvalue weighted by atomic mass is 9.62. The molecular weight excluding hydrogens is 391 g/mol. The van der Waals surface area contributed by atoms with Gasteiger partial charge in [0.15, 0.2) is 0 Å². The highest BCUT2D eigenvalue weighted by Gasteiger charge is 2.41. The predicted octanol–water partition coefficient (Wildman–Crippen LogP) is 7.41. The van der Waals surface area contributed by atoms with Gasteiger partial charge >= 0.3 is 0 Å². The fourth-order valence-corrected chi connectivity index (χ4v) is 8.04. The Labute approximate surface area is 194 Å². The molecule has 2 unspecified atom stereocenters. The van der Waals surface area contributed by atoms with Crippen LogP contribution in [0, 0.1) is 0 Å². The van der Waals surface area contributed by atoms with Crippen molar-refractivity contribution < 1.29 is 4.39 Å². The number of benzene rings is 2. The summed E-state index contributed by atoms with van der Waals surface area (Å²) >= 11 is 0. The standard InChI is InChI=1S/C31H39F/c1-30(2,3)28-23-10-7-9-19(23)14-25-21(15-27(25)28)17-31(4,5)29-24-11-6-8-18(24)12-20-13-22(32)16-26(20)29/h12,14,21-22H,6-11,13,15-17H2,1-5H3. The molecule has 1 heteroatoms. The van der Waals surface area contributed by atoms with E-state index in [4.69, 9.17) is 0 Å². The van der Waals surface area contributed by atoms with Crippen molar-refractivity contribution in [2.45, 2.75) is 122 Å². The van der Waals surface area contributed by atoms with Gasteiger partial charge in [-0.25, -0.2) is 4.39 Å². The molecule has 0 spiro atoms.